The molecule has 0 bridgehead atoms. The van der Waals surface area contributed by atoms with Crippen LogP contribution in [0.15, 0.2) is 42.5 Å². The highest BCUT2D eigenvalue weighted by Gasteiger charge is 2.22. The van der Waals surface area contributed by atoms with Gasteiger partial charge in [-0.2, -0.15) is 0 Å². The quantitative estimate of drug-likeness (QED) is 0.729. The molecular formula is C23H28N2O4. The lowest BCUT2D eigenvalue weighted by Crippen LogP contribution is -2.27. The van der Waals surface area contributed by atoms with E-state index in [1.54, 1.807) is 17.0 Å². The molecule has 29 heavy (non-hydrogen) atoms. The van der Waals surface area contributed by atoms with Crippen LogP contribution in [0.5, 0.6) is 11.5 Å². The largest absolute Gasteiger partial charge is 0.490 e. The Kier molecular flexibility index (Phi) is 6.75. The summed E-state index contributed by atoms with van der Waals surface area (Å²) in [5.74, 6) is 1.34. The first-order valence-electron chi connectivity index (χ1n) is 10.1. The highest BCUT2D eigenvalue weighted by Crippen LogP contribution is 2.31. The van der Waals surface area contributed by atoms with E-state index in [9.17, 15) is 9.59 Å². The van der Waals surface area contributed by atoms with E-state index in [0.29, 0.717) is 36.7 Å². The molecule has 1 atom stereocenters. The fraction of sp³-hybridized carbons (Fsp3) is 0.391. The lowest BCUT2D eigenvalue weighted by molar-refractivity contribution is -0.117. The van der Waals surface area contributed by atoms with Gasteiger partial charge in [0, 0.05) is 24.2 Å². The SMILES string of the molecule is CCOc1ccc(C(C)NC(=O)c2ccc(N3CCCC3=O)cc2)cc1OCC. The first kappa shape index (κ1) is 20.7. The summed E-state index contributed by atoms with van der Waals surface area (Å²) in [6, 6.07) is 12.7. The highest BCUT2D eigenvalue weighted by molar-refractivity contribution is 5.97. The Morgan fingerprint density at radius 3 is 2.38 bits per heavy atom. The number of ether oxygens (including phenoxy) is 2. The molecule has 0 spiro atoms. The van der Waals surface area contributed by atoms with Gasteiger partial charge in [-0.15, -0.1) is 0 Å². The van der Waals surface area contributed by atoms with Gasteiger partial charge in [0.1, 0.15) is 0 Å². The summed E-state index contributed by atoms with van der Waals surface area (Å²) in [5, 5.41) is 3.02. The van der Waals surface area contributed by atoms with Crippen molar-refractivity contribution in [3.8, 4) is 11.5 Å². The van der Waals surface area contributed by atoms with E-state index >= 15 is 0 Å². The van der Waals surface area contributed by atoms with Gasteiger partial charge in [0.2, 0.25) is 5.91 Å². The third kappa shape index (κ3) is 4.88. The second kappa shape index (κ2) is 9.45. The number of nitrogens with zero attached hydrogens (tertiary/aromatic N) is 1. The van der Waals surface area contributed by atoms with Crippen LogP contribution < -0.4 is 19.7 Å². The molecule has 2 aromatic carbocycles. The second-order valence-electron chi connectivity index (χ2n) is 6.96. The molecule has 0 radical (unpaired) electrons. The number of anilines is 1. The Morgan fingerprint density at radius 2 is 1.76 bits per heavy atom. The molecule has 2 amide bonds. The second-order valence-corrected chi connectivity index (χ2v) is 6.96. The van der Waals surface area contributed by atoms with Crippen LogP contribution in [0.3, 0.4) is 0 Å². The van der Waals surface area contributed by atoms with Gasteiger partial charge < -0.3 is 19.7 Å². The van der Waals surface area contributed by atoms with Crippen molar-refractivity contribution >= 4 is 17.5 Å². The molecule has 1 fully saturated rings. The summed E-state index contributed by atoms with van der Waals surface area (Å²) < 4.78 is 11.3. The Hall–Kier alpha value is -3.02. The molecule has 6 nitrogen and oxygen atoms in total. The molecule has 1 aliphatic rings. The molecule has 3 rings (SSSR count). The van der Waals surface area contributed by atoms with Gasteiger partial charge in [-0.1, -0.05) is 6.07 Å². The van der Waals surface area contributed by atoms with Gasteiger partial charge in [-0.05, 0) is 69.2 Å². The summed E-state index contributed by atoms with van der Waals surface area (Å²) in [6.45, 7) is 7.62. The standard InChI is InChI=1S/C23H28N2O4/c1-4-28-20-13-10-18(15-21(20)29-5-2)16(3)24-23(27)17-8-11-19(12-9-17)25-14-6-7-22(25)26/h8-13,15-16H,4-7,14H2,1-3H3,(H,24,27). The van der Waals surface area contributed by atoms with E-state index in [1.807, 2.05) is 51.1 Å². The summed E-state index contributed by atoms with van der Waals surface area (Å²) in [7, 11) is 0. The topological polar surface area (TPSA) is 67.9 Å². The maximum absolute atomic E-state index is 12.7. The van der Waals surface area contributed by atoms with E-state index in [1.165, 1.54) is 0 Å². The molecule has 1 N–H and O–H groups in total. The molecule has 6 heteroatoms. The van der Waals surface area contributed by atoms with Crippen molar-refractivity contribution in [2.75, 3.05) is 24.7 Å². The minimum absolute atomic E-state index is 0.136. The Bertz CT molecular complexity index is 864. The summed E-state index contributed by atoms with van der Waals surface area (Å²) >= 11 is 0. The first-order chi connectivity index (χ1) is 14.0. The van der Waals surface area contributed by atoms with Crippen molar-refractivity contribution in [1.29, 1.82) is 0 Å². The van der Waals surface area contributed by atoms with Crippen LogP contribution in [0.1, 0.15) is 55.6 Å². The molecule has 1 unspecified atom stereocenters. The van der Waals surface area contributed by atoms with Crippen molar-refractivity contribution in [2.24, 2.45) is 0 Å². The van der Waals surface area contributed by atoms with Crippen molar-refractivity contribution in [3.63, 3.8) is 0 Å². The highest BCUT2D eigenvalue weighted by atomic mass is 16.5. The number of carbonyl (C=O) groups is 2. The van der Waals surface area contributed by atoms with Crippen molar-refractivity contribution in [2.45, 2.75) is 39.7 Å². The molecular weight excluding hydrogens is 368 g/mol. The van der Waals surface area contributed by atoms with Crippen LogP contribution >= 0.6 is 0 Å². The van der Waals surface area contributed by atoms with Crippen molar-refractivity contribution in [1.82, 2.24) is 5.32 Å². The molecule has 2 aromatic rings. The fourth-order valence-electron chi connectivity index (χ4n) is 3.41. The maximum Gasteiger partial charge on any atom is 0.251 e. The van der Waals surface area contributed by atoms with Crippen LogP contribution in [0.4, 0.5) is 5.69 Å². The van der Waals surface area contributed by atoms with Gasteiger partial charge >= 0.3 is 0 Å². The molecule has 0 aliphatic carbocycles. The summed E-state index contributed by atoms with van der Waals surface area (Å²) in [4.78, 5) is 26.3. The van der Waals surface area contributed by atoms with Crippen LogP contribution in [0.2, 0.25) is 0 Å². The lowest BCUT2D eigenvalue weighted by atomic mass is 10.1. The number of benzene rings is 2. The molecule has 1 aliphatic heterocycles. The Balaban J connectivity index is 1.68. The average molecular weight is 396 g/mol. The molecule has 1 heterocycles. The van der Waals surface area contributed by atoms with Gasteiger partial charge in [0.05, 0.1) is 19.3 Å². The number of carbonyl (C=O) groups excluding carboxylic acids is 2. The van der Waals surface area contributed by atoms with Crippen LogP contribution in [0.25, 0.3) is 0 Å². The zero-order valence-corrected chi connectivity index (χ0v) is 17.2. The van der Waals surface area contributed by atoms with Gasteiger partial charge in [-0.25, -0.2) is 0 Å². The summed E-state index contributed by atoms with van der Waals surface area (Å²) in [6.07, 6.45) is 1.47. The minimum Gasteiger partial charge on any atom is -0.490 e. The smallest absolute Gasteiger partial charge is 0.251 e. The van der Waals surface area contributed by atoms with Crippen LogP contribution in [-0.4, -0.2) is 31.6 Å². The summed E-state index contributed by atoms with van der Waals surface area (Å²) in [5.41, 5.74) is 2.33. The number of hydrogen-bond donors (Lipinski definition) is 1. The van der Waals surface area contributed by atoms with Crippen LogP contribution in [-0.2, 0) is 4.79 Å². The third-order valence-electron chi connectivity index (χ3n) is 4.93. The third-order valence-corrected chi connectivity index (χ3v) is 4.93. The predicted octanol–water partition coefficient (Wildman–Crippen LogP) is 4.10. The number of amides is 2. The number of rotatable bonds is 8. The fourth-order valence-corrected chi connectivity index (χ4v) is 3.41. The molecule has 1 saturated heterocycles. The van der Waals surface area contributed by atoms with E-state index in [2.05, 4.69) is 5.32 Å². The van der Waals surface area contributed by atoms with Gasteiger partial charge in [-0.3, -0.25) is 9.59 Å². The van der Waals surface area contributed by atoms with Crippen molar-refractivity contribution in [3.05, 3.63) is 53.6 Å². The monoisotopic (exact) mass is 396 g/mol. The van der Waals surface area contributed by atoms with Crippen molar-refractivity contribution < 1.29 is 19.1 Å². The maximum atomic E-state index is 12.7. The van der Waals surface area contributed by atoms with Gasteiger partial charge in [0.15, 0.2) is 11.5 Å². The normalized spacial score (nSPS) is 14.6. The van der Waals surface area contributed by atoms with E-state index in [0.717, 1.165) is 24.2 Å². The average Bonchev–Trinajstić information content (AvgIpc) is 3.15. The number of nitrogens with one attached hydrogen (secondary N) is 1. The predicted molar refractivity (Wildman–Crippen MR) is 113 cm³/mol. The molecule has 0 saturated carbocycles. The zero-order chi connectivity index (χ0) is 20.8. The minimum atomic E-state index is -0.197. The number of hydrogen-bond acceptors (Lipinski definition) is 4. The first-order valence-corrected chi connectivity index (χ1v) is 10.1. The zero-order valence-electron chi connectivity index (χ0n) is 17.2. The van der Waals surface area contributed by atoms with E-state index in [-0.39, 0.29) is 17.9 Å². The Morgan fingerprint density at radius 1 is 1.07 bits per heavy atom. The van der Waals surface area contributed by atoms with Gasteiger partial charge in [0.25, 0.3) is 5.91 Å². The van der Waals surface area contributed by atoms with Crippen LogP contribution in [0, 0.1) is 0 Å². The Labute approximate surface area is 171 Å². The molecule has 0 aromatic heterocycles. The lowest BCUT2D eigenvalue weighted by Gasteiger charge is -2.18. The molecule has 154 valence electrons. The van der Waals surface area contributed by atoms with E-state index in [4.69, 9.17) is 9.47 Å². The van der Waals surface area contributed by atoms with E-state index < -0.39 is 0 Å².